The Kier molecular flexibility index (Phi) is 4.76. The van der Waals surface area contributed by atoms with Crippen molar-refractivity contribution in [3.63, 3.8) is 0 Å². The summed E-state index contributed by atoms with van der Waals surface area (Å²) in [5.41, 5.74) is 5.79. The normalized spacial score (nSPS) is 18.6. The number of aromatic nitrogens is 4. The highest BCUT2D eigenvalue weighted by atomic mass is 15.2. The van der Waals surface area contributed by atoms with Crippen molar-refractivity contribution in [2.75, 3.05) is 44.4 Å². The second-order valence-electron chi connectivity index (χ2n) is 6.37. The Balaban J connectivity index is 1.73. The van der Waals surface area contributed by atoms with Crippen molar-refractivity contribution in [1.82, 2.24) is 24.4 Å². The Hall–Kier alpha value is -2.15. The molecule has 0 aromatic carbocycles. The number of nitrogens with zero attached hydrogens (tertiary/aromatic N) is 6. The molecule has 1 aliphatic rings. The molecule has 2 aromatic heterocycles. The van der Waals surface area contributed by atoms with Crippen LogP contribution in [0.4, 0.5) is 11.6 Å². The van der Waals surface area contributed by atoms with Crippen LogP contribution in [0.3, 0.4) is 0 Å². The van der Waals surface area contributed by atoms with Gasteiger partial charge in [0.05, 0.1) is 0 Å². The van der Waals surface area contributed by atoms with Gasteiger partial charge in [0.15, 0.2) is 0 Å². The van der Waals surface area contributed by atoms with E-state index in [4.69, 9.17) is 5.73 Å². The zero-order valence-electron chi connectivity index (χ0n) is 13.9. The third-order valence-electron chi connectivity index (χ3n) is 4.32. The number of likely N-dealkylation sites (N-methyl/N-ethyl adjacent to an activating group) is 1. The standard InChI is InChI=1S/C16H25N7/c1-21(2)8-9-22-7-5-18-16(22)13-4-3-6-23(11-13)15-10-14(17)19-12-20-15/h5,7,10,12-13H,3-4,6,8-9,11H2,1-2H3,(H2,17,19,20)/t13-/m1/s1. The first-order valence-corrected chi connectivity index (χ1v) is 8.11. The van der Waals surface area contributed by atoms with Gasteiger partial charge < -0.3 is 20.1 Å². The minimum Gasteiger partial charge on any atom is -0.384 e. The van der Waals surface area contributed by atoms with E-state index in [1.54, 1.807) is 0 Å². The van der Waals surface area contributed by atoms with Crippen LogP contribution in [-0.4, -0.2) is 58.1 Å². The Morgan fingerprint density at radius 2 is 2.17 bits per heavy atom. The summed E-state index contributed by atoms with van der Waals surface area (Å²) in [7, 11) is 4.19. The lowest BCUT2D eigenvalue weighted by molar-refractivity contribution is 0.373. The maximum Gasteiger partial charge on any atom is 0.134 e. The molecule has 0 radical (unpaired) electrons. The van der Waals surface area contributed by atoms with Gasteiger partial charge in [0, 0.05) is 50.6 Å². The van der Waals surface area contributed by atoms with Gasteiger partial charge in [-0.05, 0) is 26.9 Å². The Morgan fingerprint density at radius 3 is 2.96 bits per heavy atom. The third-order valence-corrected chi connectivity index (χ3v) is 4.32. The molecule has 2 aromatic rings. The minimum absolute atomic E-state index is 0.428. The summed E-state index contributed by atoms with van der Waals surface area (Å²) in [6.07, 6.45) is 7.82. The van der Waals surface area contributed by atoms with E-state index in [0.29, 0.717) is 11.7 Å². The predicted molar refractivity (Wildman–Crippen MR) is 91.4 cm³/mol. The second-order valence-corrected chi connectivity index (χ2v) is 6.37. The fourth-order valence-corrected chi connectivity index (χ4v) is 3.11. The summed E-state index contributed by atoms with van der Waals surface area (Å²) < 4.78 is 2.28. The molecule has 2 N–H and O–H groups in total. The molecule has 7 heteroatoms. The van der Waals surface area contributed by atoms with Crippen LogP contribution in [0.15, 0.2) is 24.8 Å². The van der Waals surface area contributed by atoms with Crippen LogP contribution in [0, 0.1) is 0 Å². The van der Waals surface area contributed by atoms with Gasteiger partial charge >= 0.3 is 0 Å². The number of nitrogen functional groups attached to an aromatic ring is 1. The number of rotatable bonds is 5. The highest BCUT2D eigenvalue weighted by Gasteiger charge is 2.25. The summed E-state index contributed by atoms with van der Waals surface area (Å²) in [6, 6.07) is 1.85. The SMILES string of the molecule is CN(C)CCn1ccnc1[C@@H]1CCCN(c2cc(N)ncn2)C1. The second kappa shape index (κ2) is 6.95. The number of hydrogen-bond acceptors (Lipinski definition) is 6. The maximum absolute atomic E-state index is 5.79. The molecular formula is C16H25N7. The van der Waals surface area contributed by atoms with Crippen LogP contribution >= 0.6 is 0 Å². The summed E-state index contributed by atoms with van der Waals surface area (Å²) in [5, 5.41) is 0. The zero-order valence-corrected chi connectivity index (χ0v) is 13.9. The molecule has 0 spiro atoms. The fraction of sp³-hybridized carbons (Fsp3) is 0.562. The average molecular weight is 315 g/mol. The summed E-state index contributed by atoms with van der Waals surface area (Å²) in [6.45, 7) is 3.92. The van der Waals surface area contributed by atoms with Crippen molar-refractivity contribution in [3.05, 3.63) is 30.6 Å². The summed E-state index contributed by atoms with van der Waals surface area (Å²) >= 11 is 0. The molecule has 23 heavy (non-hydrogen) atoms. The smallest absolute Gasteiger partial charge is 0.134 e. The highest BCUT2D eigenvalue weighted by molar-refractivity contribution is 5.46. The van der Waals surface area contributed by atoms with Crippen LogP contribution in [0.1, 0.15) is 24.6 Å². The van der Waals surface area contributed by atoms with Gasteiger partial charge in [0.1, 0.15) is 23.8 Å². The molecule has 1 atom stereocenters. The van der Waals surface area contributed by atoms with E-state index in [-0.39, 0.29) is 0 Å². The molecule has 3 heterocycles. The van der Waals surface area contributed by atoms with E-state index < -0.39 is 0 Å². The van der Waals surface area contributed by atoms with Crippen LogP contribution < -0.4 is 10.6 Å². The zero-order chi connectivity index (χ0) is 16.2. The van der Waals surface area contributed by atoms with Gasteiger partial charge in [-0.1, -0.05) is 0 Å². The van der Waals surface area contributed by atoms with Crippen LogP contribution in [0.25, 0.3) is 0 Å². The molecule has 7 nitrogen and oxygen atoms in total. The maximum atomic E-state index is 5.79. The molecule has 1 aliphatic heterocycles. The predicted octanol–water partition coefficient (Wildman–Crippen LogP) is 1.20. The van der Waals surface area contributed by atoms with Crippen molar-refractivity contribution in [3.8, 4) is 0 Å². The van der Waals surface area contributed by atoms with E-state index in [9.17, 15) is 0 Å². The summed E-state index contributed by atoms with van der Waals surface area (Å²) in [5.74, 6) is 3.04. The van der Waals surface area contributed by atoms with Crippen molar-refractivity contribution in [1.29, 1.82) is 0 Å². The van der Waals surface area contributed by atoms with Gasteiger partial charge in [-0.2, -0.15) is 0 Å². The molecule has 1 saturated heterocycles. The van der Waals surface area contributed by atoms with Gasteiger partial charge in [0.25, 0.3) is 0 Å². The van der Waals surface area contributed by atoms with E-state index >= 15 is 0 Å². The first-order chi connectivity index (χ1) is 11.1. The quantitative estimate of drug-likeness (QED) is 0.893. The number of piperidine rings is 1. The number of imidazole rings is 1. The number of nitrogens with two attached hydrogens (primary N) is 1. The molecule has 0 aliphatic carbocycles. The average Bonchev–Trinajstić information content (AvgIpc) is 3.01. The Morgan fingerprint density at radius 1 is 1.30 bits per heavy atom. The van der Waals surface area contributed by atoms with Gasteiger partial charge in [-0.15, -0.1) is 0 Å². The molecule has 0 amide bonds. The number of hydrogen-bond donors (Lipinski definition) is 1. The molecule has 3 rings (SSSR count). The van der Waals surface area contributed by atoms with Gasteiger partial charge in [-0.3, -0.25) is 0 Å². The molecular weight excluding hydrogens is 290 g/mol. The monoisotopic (exact) mass is 315 g/mol. The van der Waals surface area contributed by atoms with Crippen molar-refractivity contribution >= 4 is 11.6 Å². The molecule has 124 valence electrons. The van der Waals surface area contributed by atoms with E-state index in [1.165, 1.54) is 12.2 Å². The van der Waals surface area contributed by atoms with E-state index in [2.05, 4.69) is 49.6 Å². The summed E-state index contributed by atoms with van der Waals surface area (Å²) in [4.78, 5) is 17.4. The lowest BCUT2D eigenvalue weighted by Gasteiger charge is -2.33. The lowest BCUT2D eigenvalue weighted by atomic mass is 9.97. The molecule has 0 saturated carbocycles. The lowest BCUT2D eigenvalue weighted by Crippen LogP contribution is -2.36. The minimum atomic E-state index is 0.428. The van der Waals surface area contributed by atoms with Crippen LogP contribution in [-0.2, 0) is 6.54 Å². The largest absolute Gasteiger partial charge is 0.384 e. The van der Waals surface area contributed by atoms with Crippen molar-refractivity contribution in [2.45, 2.75) is 25.3 Å². The highest BCUT2D eigenvalue weighted by Crippen LogP contribution is 2.28. The fourth-order valence-electron chi connectivity index (χ4n) is 3.11. The van der Waals surface area contributed by atoms with Gasteiger partial charge in [0.2, 0.25) is 0 Å². The Labute approximate surface area is 137 Å². The topological polar surface area (TPSA) is 76.1 Å². The molecule has 1 fully saturated rings. The molecule has 0 unspecified atom stereocenters. The van der Waals surface area contributed by atoms with E-state index in [1.807, 2.05) is 12.3 Å². The first kappa shape index (κ1) is 15.7. The third kappa shape index (κ3) is 3.79. The number of anilines is 2. The van der Waals surface area contributed by atoms with Crippen LogP contribution in [0.2, 0.25) is 0 Å². The van der Waals surface area contributed by atoms with Gasteiger partial charge in [-0.25, -0.2) is 15.0 Å². The first-order valence-electron chi connectivity index (χ1n) is 8.11. The van der Waals surface area contributed by atoms with E-state index in [0.717, 1.165) is 44.8 Å². The van der Waals surface area contributed by atoms with Crippen LogP contribution in [0.5, 0.6) is 0 Å². The van der Waals surface area contributed by atoms with Crippen molar-refractivity contribution in [2.24, 2.45) is 0 Å². The van der Waals surface area contributed by atoms with Crippen molar-refractivity contribution < 1.29 is 0 Å². The molecule has 0 bridgehead atoms. The Bertz CT molecular complexity index is 637.